The molecule has 20 heavy (non-hydrogen) atoms. The number of nitrogens with zero attached hydrogens (tertiary/aromatic N) is 2. The van der Waals surface area contributed by atoms with Crippen LogP contribution in [0.25, 0.3) is 6.08 Å². The maximum atomic E-state index is 13.0. The molecule has 2 aromatic rings. The third kappa shape index (κ3) is 4.43. The summed E-state index contributed by atoms with van der Waals surface area (Å²) in [4.78, 5) is 11.7. The lowest BCUT2D eigenvalue weighted by atomic mass is 10.2. The number of carbonyl (C=O) groups is 1. The van der Waals surface area contributed by atoms with Crippen molar-refractivity contribution in [1.82, 2.24) is 10.2 Å². The summed E-state index contributed by atoms with van der Waals surface area (Å²) >= 11 is 2.89. The van der Waals surface area contributed by atoms with Gasteiger partial charge in [-0.3, -0.25) is 10.1 Å². The number of halogens is 1. The molecule has 1 heterocycles. The number of rotatable bonds is 5. The molecule has 0 bridgehead atoms. The summed E-state index contributed by atoms with van der Waals surface area (Å²) < 4.78 is 13.8. The van der Waals surface area contributed by atoms with Gasteiger partial charge in [-0.1, -0.05) is 42.2 Å². The quantitative estimate of drug-likeness (QED) is 0.522. The zero-order valence-corrected chi connectivity index (χ0v) is 12.3. The Hall–Kier alpha value is -1.73. The fourth-order valence-corrected chi connectivity index (χ4v) is 3.02. The molecule has 0 aliphatic rings. The Morgan fingerprint density at radius 2 is 2.35 bits per heavy atom. The Morgan fingerprint density at radius 3 is 3.10 bits per heavy atom. The van der Waals surface area contributed by atoms with E-state index in [0.717, 1.165) is 10.1 Å². The van der Waals surface area contributed by atoms with E-state index in [1.807, 2.05) is 6.92 Å². The van der Waals surface area contributed by atoms with E-state index in [0.29, 0.717) is 10.7 Å². The molecular formula is C13H12FN3OS2. The molecule has 0 saturated carbocycles. The maximum Gasteiger partial charge on any atom is 0.250 e. The van der Waals surface area contributed by atoms with E-state index in [1.165, 1.54) is 29.5 Å². The van der Waals surface area contributed by atoms with Crippen LogP contribution < -0.4 is 5.32 Å². The predicted octanol–water partition coefficient (Wildman–Crippen LogP) is 3.44. The third-order valence-corrected chi connectivity index (χ3v) is 4.03. The van der Waals surface area contributed by atoms with Crippen LogP contribution in [0.5, 0.6) is 0 Å². The van der Waals surface area contributed by atoms with E-state index in [9.17, 15) is 9.18 Å². The Morgan fingerprint density at radius 1 is 1.50 bits per heavy atom. The highest BCUT2D eigenvalue weighted by Gasteiger charge is 2.05. The highest BCUT2D eigenvalue weighted by molar-refractivity contribution is 8.01. The number of carbonyl (C=O) groups excluding carboxylic acids is 1. The van der Waals surface area contributed by atoms with E-state index >= 15 is 0 Å². The molecule has 7 heteroatoms. The lowest BCUT2D eigenvalue weighted by molar-refractivity contribution is -0.111. The van der Waals surface area contributed by atoms with E-state index in [4.69, 9.17) is 0 Å². The first kappa shape index (κ1) is 14.7. The van der Waals surface area contributed by atoms with Gasteiger partial charge in [-0.25, -0.2) is 4.39 Å². The van der Waals surface area contributed by atoms with Crippen LogP contribution in [0, 0.1) is 5.82 Å². The van der Waals surface area contributed by atoms with Crippen LogP contribution in [0.3, 0.4) is 0 Å². The van der Waals surface area contributed by atoms with Gasteiger partial charge in [0.25, 0.3) is 0 Å². The zero-order valence-electron chi connectivity index (χ0n) is 10.7. The van der Waals surface area contributed by atoms with Crippen molar-refractivity contribution in [2.75, 3.05) is 11.1 Å². The molecule has 0 atom stereocenters. The number of hydrogen-bond donors (Lipinski definition) is 1. The Bertz CT molecular complexity index is 628. The second kappa shape index (κ2) is 7.16. The first-order chi connectivity index (χ1) is 9.67. The van der Waals surface area contributed by atoms with Gasteiger partial charge >= 0.3 is 0 Å². The van der Waals surface area contributed by atoms with Crippen LogP contribution in [-0.2, 0) is 4.79 Å². The van der Waals surface area contributed by atoms with Crippen LogP contribution in [0.4, 0.5) is 9.52 Å². The SMILES string of the molecule is CCSc1nnc(NC(=O)C=Cc2cccc(F)c2)s1. The normalized spacial score (nSPS) is 10.9. The molecular weight excluding hydrogens is 297 g/mol. The molecule has 1 aromatic heterocycles. The summed E-state index contributed by atoms with van der Waals surface area (Å²) in [5.41, 5.74) is 0.625. The van der Waals surface area contributed by atoms with E-state index in [-0.39, 0.29) is 11.7 Å². The predicted molar refractivity (Wildman–Crippen MR) is 80.4 cm³/mol. The molecule has 0 fully saturated rings. The van der Waals surface area contributed by atoms with Crippen molar-refractivity contribution in [3.8, 4) is 0 Å². The van der Waals surface area contributed by atoms with Gasteiger partial charge in [0.1, 0.15) is 5.82 Å². The van der Waals surface area contributed by atoms with Crippen LogP contribution >= 0.6 is 23.1 Å². The summed E-state index contributed by atoms with van der Waals surface area (Å²) in [5, 5.41) is 10.9. The molecule has 104 valence electrons. The standard InChI is InChI=1S/C13H12FN3OS2/c1-2-19-13-17-16-12(20-13)15-11(18)7-6-9-4-3-5-10(14)8-9/h3-8H,2H2,1H3,(H,15,16,18). The van der Waals surface area contributed by atoms with Gasteiger partial charge in [0.05, 0.1) is 0 Å². The largest absolute Gasteiger partial charge is 0.297 e. The minimum Gasteiger partial charge on any atom is -0.297 e. The monoisotopic (exact) mass is 309 g/mol. The number of hydrogen-bond acceptors (Lipinski definition) is 5. The summed E-state index contributed by atoms with van der Waals surface area (Å²) in [6, 6.07) is 6.01. The summed E-state index contributed by atoms with van der Waals surface area (Å²) in [7, 11) is 0. The van der Waals surface area contributed by atoms with Gasteiger partial charge in [0.15, 0.2) is 4.34 Å². The lowest BCUT2D eigenvalue weighted by Gasteiger charge is -1.95. The molecule has 1 aromatic carbocycles. The first-order valence-corrected chi connectivity index (χ1v) is 7.68. The fraction of sp³-hybridized carbons (Fsp3) is 0.154. The Labute approximate surface area is 124 Å². The van der Waals surface area contributed by atoms with Gasteiger partial charge in [-0.2, -0.15) is 0 Å². The molecule has 0 spiro atoms. The highest BCUT2D eigenvalue weighted by Crippen LogP contribution is 2.24. The van der Waals surface area contributed by atoms with Crippen molar-refractivity contribution in [2.24, 2.45) is 0 Å². The number of anilines is 1. The average molecular weight is 309 g/mol. The number of benzene rings is 1. The average Bonchev–Trinajstić information content (AvgIpc) is 2.84. The summed E-state index contributed by atoms with van der Waals surface area (Å²) in [6.45, 7) is 2.02. The topological polar surface area (TPSA) is 54.9 Å². The number of aromatic nitrogens is 2. The van der Waals surface area contributed by atoms with Crippen molar-refractivity contribution in [2.45, 2.75) is 11.3 Å². The van der Waals surface area contributed by atoms with Crippen LogP contribution in [-0.4, -0.2) is 21.9 Å². The van der Waals surface area contributed by atoms with Crippen molar-refractivity contribution in [3.63, 3.8) is 0 Å². The Balaban J connectivity index is 1.94. The molecule has 1 N–H and O–H groups in total. The van der Waals surface area contributed by atoms with E-state index < -0.39 is 0 Å². The second-order valence-electron chi connectivity index (χ2n) is 3.68. The summed E-state index contributed by atoms with van der Waals surface area (Å²) in [5.74, 6) is 0.249. The molecule has 0 radical (unpaired) electrons. The van der Waals surface area contributed by atoms with E-state index in [2.05, 4.69) is 15.5 Å². The molecule has 4 nitrogen and oxygen atoms in total. The van der Waals surface area contributed by atoms with Gasteiger partial charge in [-0.15, -0.1) is 10.2 Å². The third-order valence-electron chi connectivity index (χ3n) is 2.18. The molecule has 0 aliphatic carbocycles. The number of nitrogens with one attached hydrogen (secondary N) is 1. The van der Waals surface area contributed by atoms with E-state index in [1.54, 1.807) is 30.0 Å². The minimum absolute atomic E-state index is 0.321. The fourth-order valence-electron chi connectivity index (χ4n) is 1.37. The highest BCUT2D eigenvalue weighted by atomic mass is 32.2. The first-order valence-electron chi connectivity index (χ1n) is 5.88. The Kier molecular flexibility index (Phi) is 5.25. The van der Waals surface area contributed by atoms with Crippen LogP contribution in [0.15, 0.2) is 34.7 Å². The lowest BCUT2D eigenvalue weighted by Crippen LogP contribution is -2.07. The molecule has 2 rings (SSSR count). The summed E-state index contributed by atoms with van der Waals surface area (Å²) in [6.07, 6.45) is 2.88. The zero-order chi connectivity index (χ0) is 14.4. The number of thioether (sulfide) groups is 1. The molecule has 0 unspecified atom stereocenters. The van der Waals surface area contributed by atoms with Gasteiger partial charge in [0.2, 0.25) is 11.0 Å². The van der Waals surface area contributed by atoms with Crippen molar-refractivity contribution >= 4 is 40.2 Å². The maximum absolute atomic E-state index is 13.0. The van der Waals surface area contributed by atoms with Gasteiger partial charge in [-0.05, 0) is 29.5 Å². The minimum atomic E-state index is -0.335. The van der Waals surface area contributed by atoms with Crippen molar-refractivity contribution in [3.05, 3.63) is 41.7 Å². The number of amides is 1. The van der Waals surface area contributed by atoms with Crippen molar-refractivity contribution < 1.29 is 9.18 Å². The molecule has 0 aliphatic heterocycles. The van der Waals surface area contributed by atoms with Gasteiger partial charge in [0, 0.05) is 6.08 Å². The van der Waals surface area contributed by atoms with Crippen molar-refractivity contribution in [1.29, 1.82) is 0 Å². The molecule has 1 amide bonds. The van der Waals surface area contributed by atoms with Crippen LogP contribution in [0.2, 0.25) is 0 Å². The second-order valence-corrected chi connectivity index (χ2v) is 6.17. The van der Waals surface area contributed by atoms with Crippen LogP contribution in [0.1, 0.15) is 12.5 Å². The molecule has 0 saturated heterocycles. The smallest absolute Gasteiger partial charge is 0.250 e. The van der Waals surface area contributed by atoms with Gasteiger partial charge < -0.3 is 0 Å².